The number of hydrogen-bond donors (Lipinski definition) is 2. The Balaban J connectivity index is 1.20. The highest BCUT2D eigenvalue weighted by Crippen LogP contribution is 2.66. The first-order chi connectivity index (χ1) is 16.5. The molecule has 6 rings (SSSR count). The molecule has 0 radical (unpaired) electrons. The predicted molar refractivity (Wildman–Crippen MR) is 135 cm³/mol. The van der Waals surface area contributed by atoms with Gasteiger partial charge in [-0.3, -0.25) is 9.69 Å². The monoisotopic (exact) mass is 484 g/mol. The number of rotatable bonds is 5. The smallest absolute Gasteiger partial charge is 0.319 e. The largest absolute Gasteiger partial charge is 0.349 e. The van der Waals surface area contributed by atoms with Crippen LogP contribution in [0.4, 0.5) is 14.9 Å². The van der Waals surface area contributed by atoms with Crippen molar-refractivity contribution in [1.29, 1.82) is 0 Å². The summed E-state index contributed by atoms with van der Waals surface area (Å²) < 4.78 is 15.0. The lowest BCUT2D eigenvalue weighted by molar-refractivity contribution is -0.134. The number of carbonyl (C=O) groups is 2. The van der Waals surface area contributed by atoms with Crippen molar-refractivity contribution >= 4 is 17.6 Å². The second kappa shape index (κ2) is 8.75. The maximum absolute atomic E-state index is 15.0. The van der Waals surface area contributed by atoms with Crippen LogP contribution in [0.2, 0.25) is 0 Å². The van der Waals surface area contributed by atoms with Crippen LogP contribution in [0.1, 0.15) is 70.8 Å². The van der Waals surface area contributed by atoms with Crippen molar-refractivity contribution in [3.8, 4) is 0 Å². The number of piperidine rings is 1. The first-order valence-electron chi connectivity index (χ1n) is 13.3. The minimum atomic E-state index is -0.417. The van der Waals surface area contributed by atoms with E-state index in [9.17, 15) is 14.0 Å². The predicted octanol–water partition coefficient (Wildman–Crippen LogP) is 5.00. The summed E-state index contributed by atoms with van der Waals surface area (Å²) in [5.41, 5.74) is 1.51. The van der Waals surface area contributed by atoms with Gasteiger partial charge in [0.25, 0.3) is 0 Å². The van der Waals surface area contributed by atoms with Gasteiger partial charge in [0.05, 0.1) is 11.6 Å². The molecule has 1 aliphatic heterocycles. The van der Waals surface area contributed by atoms with Gasteiger partial charge in [0.2, 0.25) is 5.91 Å². The van der Waals surface area contributed by atoms with Gasteiger partial charge in [-0.25, -0.2) is 9.18 Å². The molecule has 4 bridgehead atoms. The Bertz CT molecular complexity index is 993. The van der Waals surface area contributed by atoms with Crippen LogP contribution in [0.15, 0.2) is 18.2 Å². The topological polar surface area (TPSA) is 64.7 Å². The van der Waals surface area contributed by atoms with Crippen molar-refractivity contribution in [3.63, 3.8) is 0 Å². The van der Waals surface area contributed by atoms with Gasteiger partial charge >= 0.3 is 6.03 Å². The van der Waals surface area contributed by atoms with Crippen LogP contribution in [0.25, 0.3) is 0 Å². The molecular weight excluding hydrogens is 443 g/mol. The van der Waals surface area contributed by atoms with E-state index in [1.54, 1.807) is 25.1 Å². The van der Waals surface area contributed by atoms with Gasteiger partial charge in [-0.15, -0.1) is 0 Å². The van der Waals surface area contributed by atoms with Gasteiger partial charge in [0.15, 0.2) is 0 Å². The molecular formula is C28H41FN4O2. The highest BCUT2D eigenvalue weighted by atomic mass is 19.1. The molecule has 6 nitrogen and oxygen atoms in total. The zero-order valence-corrected chi connectivity index (χ0v) is 21.8. The molecule has 4 saturated carbocycles. The molecule has 1 aromatic rings. The van der Waals surface area contributed by atoms with Crippen LogP contribution in [-0.2, 0) is 11.3 Å². The van der Waals surface area contributed by atoms with Gasteiger partial charge in [-0.05, 0) is 92.4 Å². The lowest BCUT2D eigenvalue weighted by atomic mass is 9.43. The fourth-order valence-corrected chi connectivity index (χ4v) is 8.76. The van der Waals surface area contributed by atoms with E-state index < -0.39 is 5.82 Å². The van der Waals surface area contributed by atoms with Crippen LogP contribution in [0.3, 0.4) is 0 Å². The Morgan fingerprint density at radius 3 is 2.46 bits per heavy atom. The van der Waals surface area contributed by atoms with E-state index in [4.69, 9.17) is 0 Å². The fraction of sp³-hybridized carbons (Fsp3) is 0.714. The molecule has 35 heavy (non-hydrogen) atoms. The summed E-state index contributed by atoms with van der Waals surface area (Å²) in [5.74, 6) is 0.427. The number of nitrogens with zero attached hydrogens (tertiary/aromatic N) is 2. The number of likely N-dealkylation sites (tertiary alicyclic amines) is 1. The maximum atomic E-state index is 15.0. The Hall–Kier alpha value is -2.15. The molecule has 5 aliphatic rings. The first-order valence-corrected chi connectivity index (χ1v) is 13.3. The highest BCUT2D eigenvalue weighted by molar-refractivity contribution is 5.90. The summed E-state index contributed by atoms with van der Waals surface area (Å²) >= 11 is 0. The van der Waals surface area contributed by atoms with Crippen molar-refractivity contribution in [3.05, 3.63) is 29.6 Å². The molecule has 3 amide bonds. The summed E-state index contributed by atoms with van der Waals surface area (Å²) in [6.07, 6.45) is 8.74. The van der Waals surface area contributed by atoms with Crippen LogP contribution in [0, 0.1) is 28.5 Å². The first kappa shape index (κ1) is 24.5. The number of anilines is 1. The lowest BCUT2D eigenvalue weighted by Gasteiger charge is -2.65. The summed E-state index contributed by atoms with van der Waals surface area (Å²) in [6, 6.07) is 4.76. The minimum Gasteiger partial charge on any atom is -0.349 e. The molecule has 2 N–H and O–H groups in total. The number of benzene rings is 1. The Morgan fingerprint density at radius 2 is 1.83 bits per heavy atom. The molecule has 0 aromatic heterocycles. The van der Waals surface area contributed by atoms with Crippen molar-refractivity contribution in [1.82, 2.24) is 15.1 Å². The number of hydrogen-bond acceptors (Lipinski definition) is 3. The number of halogens is 1. The summed E-state index contributed by atoms with van der Waals surface area (Å²) in [4.78, 5) is 29.2. The van der Waals surface area contributed by atoms with Gasteiger partial charge < -0.3 is 15.5 Å². The molecule has 0 spiro atoms. The van der Waals surface area contributed by atoms with Gasteiger partial charge in [-0.2, -0.15) is 0 Å². The van der Waals surface area contributed by atoms with E-state index in [1.165, 1.54) is 25.3 Å². The van der Waals surface area contributed by atoms with Crippen molar-refractivity contribution in [2.45, 2.75) is 77.3 Å². The molecule has 4 aliphatic carbocycles. The SMILES string of the molecule is CN(C)C(=O)C1CCCN(Cc2ccc(NC(=O)NC34CC5C[C@@](C)(C3)C[C@](C)(C5)C4)c(F)c2)C1. The fourth-order valence-electron chi connectivity index (χ4n) is 8.76. The zero-order chi connectivity index (χ0) is 25.0. The van der Waals surface area contributed by atoms with E-state index in [0.717, 1.165) is 44.2 Å². The Kier molecular flexibility index (Phi) is 6.14. The van der Waals surface area contributed by atoms with E-state index in [1.807, 2.05) is 6.07 Å². The van der Waals surface area contributed by atoms with Crippen LogP contribution >= 0.6 is 0 Å². The minimum absolute atomic E-state index is 0.00216. The van der Waals surface area contributed by atoms with Gasteiger partial charge in [0, 0.05) is 32.7 Å². The Labute approximate surface area is 209 Å². The van der Waals surface area contributed by atoms with E-state index >= 15 is 0 Å². The van der Waals surface area contributed by atoms with Crippen LogP contribution < -0.4 is 10.6 Å². The van der Waals surface area contributed by atoms with E-state index in [-0.39, 0.29) is 29.1 Å². The Morgan fingerprint density at radius 1 is 1.11 bits per heavy atom. The third kappa shape index (κ3) is 5.07. The van der Waals surface area contributed by atoms with Crippen molar-refractivity contribution in [2.24, 2.45) is 22.7 Å². The molecule has 5 atom stereocenters. The molecule has 5 fully saturated rings. The molecule has 3 unspecified atom stereocenters. The van der Waals surface area contributed by atoms with Gasteiger partial charge in [-0.1, -0.05) is 19.9 Å². The number of urea groups is 1. The van der Waals surface area contributed by atoms with Crippen molar-refractivity contribution < 1.29 is 14.0 Å². The second-order valence-electron chi connectivity index (χ2n) is 13.1. The number of carbonyl (C=O) groups excluding carboxylic acids is 2. The van der Waals surface area contributed by atoms with Crippen molar-refractivity contribution in [2.75, 3.05) is 32.5 Å². The molecule has 1 aromatic carbocycles. The summed E-state index contributed by atoms with van der Waals surface area (Å²) in [7, 11) is 3.59. The zero-order valence-electron chi connectivity index (χ0n) is 21.8. The normalized spacial score (nSPS) is 36.1. The van der Waals surface area contributed by atoms with Gasteiger partial charge in [0.1, 0.15) is 5.82 Å². The number of nitrogens with one attached hydrogen (secondary N) is 2. The highest BCUT2D eigenvalue weighted by Gasteiger charge is 2.60. The third-order valence-electron chi connectivity index (χ3n) is 8.99. The van der Waals surface area contributed by atoms with Crippen LogP contribution in [0.5, 0.6) is 0 Å². The average Bonchev–Trinajstić information content (AvgIpc) is 2.72. The van der Waals surface area contributed by atoms with E-state index in [2.05, 4.69) is 29.4 Å². The standard InChI is InChI=1S/C28H41FN4O2/c1-26-11-20-12-27(2,16-26)18-28(13-20,17-26)31-25(35)30-23-8-7-19(10-22(23)29)14-33-9-5-6-21(15-33)24(34)32(3)4/h7-8,10,20-21H,5-6,9,11-18H2,1-4H3,(H2,30,31,35)/t20?,21?,26-,27+,28?. The lowest BCUT2D eigenvalue weighted by Crippen LogP contribution is -2.65. The summed E-state index contributed by atoms with van der Waals surface area (Å²) in [5, 5.41) is 6.08. The maximum Gasteiger partial charge on any atom is 0.319 e. The van der Waals surface area contributed by atoms with Crippen LogP contribution in [-0.4, -0.2) is 54.5 Å². The average molecular weight is 485 g/mol. The second-order valence-corrected chi connectivity index (χ2v) is 13.1. The quantitative estimate of drug-likeness (QED) is 0.618. The molecule has 7 heteroatoms. The van der Waals surface area contributed by atoms with E-state index in [0.29, 0.717) is 29.8 Å². The molecule has 192 valence electrons. The third-order valence-corrected chi connectivity index (χ3v) is 8.99. The molecule has 1 saturated heterocycles. The summed E-state index contributed by atoms with van der Waals surface area (Å²) in [6.45, 7) is 6.96. The number of amides is 3. The molecule has 1 heterocycles.